The predicted octanol–water partition coefficient (Wildman–Crippen LogP) is 4.57. The van der Waals surface area contributed by atoms with Gasteiger partial charge < -0.3 is 40.3 Å². The van der Waals surface area contributed by atoms with Gasteiger partial charge in [-0.1, -0.05) is 127 Å². The van der Waals surface area contributed by atoms with Gasteiger partial charge in [0.25, 0.3) is 0 Å². The second-order valence-electron chi connectivity index (χ2n) is 13.3. The molecule has 7 N–H and O–H groups in total. The lowest BCUT2D eigenvalue weighted by Crippen LogP contribution is -2.61. The van der Waals surface area contributed by atoms with Gasteiger partial charge in [0.1, 0.15) is 30.5 Å². The first kappa shape index (κ1) is 47.3. The minimum atomic E-state index is -5.12. The Kier molecular flexibility index (Phi) is 26.7. The maximum absolute atomic E-state index is 12.9. The van der Waals surface area contributed by atoms with E-state index < -0.39 is 78.5 Å². The maximum atomic E-state index is 12.9. The molecule has 1 amide bonds. The standard InChI is InChI=1S/C37H67NO12S/c1-3-5-7-9-11-13-15-16-18-20-22-24-26-31(41)36(44)38-29(30(40)25-23-21-19-17-14-12-10-8-6-4-2)28-48-37-34(43)35(50-51(45,46)47)33(42)32(27-39)49-37/h16,18,22-25,29-35,37,39-43H,3-15,17,19-21,26-28H2,1-2H3,(H,38,44)(H,45,46,47)/b18-16-,24-22-,25-23+. The minimum absolute atomic E-state index is 0.0320. The highest BCUT2D eigenvalue weighted by molar-refractivity contribution is 7.80. The van der Waals surface area contributed by atoms with Crippen LogP contribution in [0.1, 0.15) is 129 Å². The molecular weight excluding hydrogens is 682 g/mol. The van der Waals surface area contributed by atoms with E-state index in [1.807, 2.05) is 12.2 Å². The number of amides is 1. The van der Waals surface area contributed by atoms with Crippen LogP contribution >= 0.6 is 0 Å². The molecule has 0 radical (unpaired) electrons. The van der Waals surface area contributed by atoms with Gasteiger partial charge in [0.05, 0.1) is 25.4 Å². The molecule has 51 heavy (non-hydrogen) atoms. The van der Waals surface area contributed by atoms with Crippen molar-refractivity contribution in [1.29, 1.82) is 0 Å². The molecule has 0 aromatic rings. The van der Waals surface area contributed by atoms with Gasteiger partial charge in [-0.05, 0) is 32.1 Å². The Balaban J connectivity index is 2.78. The number of rotatable bonds is 30. The number of carbonyl (C=O) groups is 1. The van der Waals surface area contributed by atoms with Crippen molar-refractivity contribution >= 4 is 16.3 Å². The lowest BCUT2D eigenvalue weighted by Gasteiger charge is -2.41. The first-order valence-corrected chi connectivity index (χ1v) is 20.3. The smallest absolute Gasteiger partial charge is 0.394 e. The summed E-state index contributed by atoms with van der Waals surface area (Å²) in [5.41, 5.74) is 0. The topological polar surface area (TPSA) is 212 Å². The van der Waals surface area contributed by atoms with E-state index in [4.69, 9.17) is 14.0 Å². The van der Waals surface area contributed by atoms with E-state index in [0.29, 0.717) is 12.8 Å². The molecule has 1 aliphatic heterocycles. The Bertz CT molecular complexity index is 1090. The fourth-order valence-electron chi connectivity index (χ4n) is 5.68. The second-order valence-corrected chi connectivity index (χ2v) is 14.4. The van der Waals surface area contributed by atoms with Crippen LogP contribution in [0.4, 0.5) is 0 Å². The van der Waals surface area contributed by atoms with E-state index in [2.05, 4.69) is 29.4 Å². The molecule has 1 heterocycles. The molecule has 0 aliphatic carbocycles. The number of hydrogen-bond donors (Lipinski definition) is 7. The summed E-state index contributed by atoms with van der Waals surface area (Å²) in [6, 6.07) is -1.15. The number of hydrogen-bond acceptors (Lipinski definition) is 11. The molecule has 0 aromatic carbocycles. The van der Waals surface area contributed by atoms with Crippen molar-refractivity contribution in [1.82, 2.24) is 5.32 Å². The van der Waals surface area contributed by atoms with Gasteiger partial charge in [0.15, 0.2) is 6.29 Å². The van der Waals surface area contributed by atoms with E-state index in [0.717, 1.165) is 32.1 Å². The highest BCUT2D eigenvalue weighted by Crippen LogP contribution is 2.26. The molecule has 298 valence electrons. The molecule has 0 saturated carbocycles. The average molecular weight is 750 g/mol. The fourth-order valence-corrected chi connectivity index (χ4v) is 6.19. The maximum Gasteiger partial charge on any atom is 0.397 e. The van der Waals surface area contributed by atoms with Gasteiger partial charge in [-0.15, -0.1) is 0 Å². The molecule has 0 aromatic heterocycles. The lowest BCUT2D eigenvalue weighted by molar-refractivity contribution is -0.298. The summed E-state index contributed by atoms with van der Waals surface area (Å²) < 4.78 is 47.1. The summed E-state index contributed by atoms with van der Waals surface area (Å²) in [5, 5.41) is 54.6. The van der Waals surface area contributed by atoms with Crippen LogP contribution in [-0.2, 0) is 28.9 Å². The Labute approximate surface area is 306 Å². The summed E-state index contributed by atoms with van der Waals surface area (Å²) >= 11 is 0. The number of nitrogens with one attached hydrogen (secondary N) is 1. The first-order chi connectivity index (χ1) is 24.4. The quantitative estimate of drug-likeness (QED) is 0.0306. The van der Waals surface area contributed by atoms with E-state index in [-0.39, 0.29) is 6.42 Å². The van der Waals surface area contributed by atoms with Gasteiger partial charge in [-0.3, -0.25) is 9.35 Å². The Morgan fingerprint density at radius 3 is 1.92 bits per heavy atom. The van der Waals surface area contributed by atoms with Crippen LogP contribution in [0.3, 0.4) is 0 Å². The highest BCUT2D eigenvalue weighted by atomic mass is 32.3. The van der Waals surface area contributed by atoms with E-state index in [1.54, 1.807) is 12.2 Å². The SMILES string of the molecule is CCCCCCCC/C=C\C/C=C\CC(O)C(=O)NC(COC1OC(CO)C(O)C(OS(=O)(=O)O)C1O)C(O)/C=C/CCCCCCCCCC. The number of unbranched alkanes of at least 4 members (excludes halogenated alkanes) is 14. The van der Waals surface area contributed by atoms with E-state index in [9.17, 15) is 38.7 Å². The van der Waals surface area contributed by atoms with Gasteiger partial charge in [-0.2, -0.15) is 8.42 Å². The summed E-state index contributed by atoms with van der Waals surface area (Å²) in [5.74, 6) is -0.774. The van der Waals surface area contributed by atoms with Gasteiger partial charge in [-0.25, -0.2) is 4.18 Å². The van der Waals surface area contributed by atoms with Crippen molar-refractivity contribution in [3.8, 4) is 0 Å². The molecular formula is C37H67NO12S. The van der Waals surface area contributed by atoms with Crippen molar-refractivity contribution < 1.29 is 57.0 Å². The third-order valence-corrected chi connectivity index (χ3v) is 9.25. The molecule has 14 heteroatoms. The number of carbonyl (C=O) groups excluding carboxylic acids is 1. The Morgan fingerprint density at radius 1 is 0.804 bits per heavy atom. The Hall–Kier alpha value is -1.72. The molecule has 8 unspecified atom stereocenters. The average Bonchev–Trinajstić information content (AvgIpc) is 3.09. The molecule has 1 fully saturated rings. The Morgan fingerprint density at radius 2 is 1.35 bits per heavy atom. The second kappa shape index (κ2) is 28.7. The molecule has 0 bridgehead atoms. The third kappa shape index (κ3) is 22.2. The molecule has 1 aliphatic rings. The zero-order chi connectivity index (χ0) is 37.9. The van der Waals surface area contributed by atoms with Crippen LogP contribution in [0.15, 0.2) is 36.5 Å². The zero-order valence-electron chi connectivity index (χ0n) is 30.8. The van der Waals surface area contributed by atoms with E-state index in [1.165, 1.54) is 70.3 Å². The number of allylic oxidation sites excluding steroid dienone is 4. The van der Waals surface area contributed by atoms with Crippen molar-refractivity contribution in [2.75, 3.05) is 13.2 Å². The van der Waals surface area contributed by atoms with E-state index >= 15 is 0 Å². The van der Waals surface area contributed by atoms with Gasteiger partial charge in [0, 0.05) is 6.42 Å². The normalized spacial score (nSPS) is 23.3. The fraction of sp³-hybridized carbons (Fsp3) is 0.811. The monoisotopic (exact) mass is 749 g/mol. The molecule has 0 spiro atoms. The van der Waals surface area contributed by atoms with Crippen molar-refractivity contribution in [3.05, 3.63) is 36.5 Å². The molecule has 8 atom stereocenters. The van der Waals surface area contributed by atoms with Crippen LogP contribution < -0.4 is 5.32 Å². The number of ether oxygens (including phenoxy) is 2. The number of aliphatic hydroxyl groups excluding tert-OH is 5. The van der Waals surface area contributed by atoms with Crippen LogP contribution in [0.5, 0.6) is 0 Å². The van der Waals surface area contributed by atoms with Crippen molar-refractivity contribution in [3.63, 3.8) is 0 Å². The van der Waals surface area contributed by atoms with Crippen LogP contribution in [-0.4, -0.2) is 107 Å². The van der Waals surface area contributed by atoms with Crippen molar-refractivity contribution in [2.45, 2.75) is 178 Å². The number of aliphatic hydroxyl groups is 5. The summed E-state index contributed by atoms with van der Waals surface area (Å²) in [7, 11) is -5.12. The van der Waals surface area contributed by atoms with Gasteiger partial charge >= 0.3 is 10.4 Å². The van der Waals surface area contributed by atoms with Gasteiger partial charge in [0.2, 0.25) is 5.91 Å². The largest absolute Gasteiger partial charge is 0.397 e. The zero-order valence-corrected chi connectivity index (χ0v) is 31.6. The summed E-state index contributed by atoms with van der Waals surface area (Å²) in [6.45, 7) is 3.09. The lowest BCUT2D eigenvalue weighted by atomic mass is 9.99. The third-order valence-electron chi connectivity index (χ3n) is 8.78. The molecule has 13 nitrogen and oxygen atoms in total. The van der Waals surface area contributed by atoms with Crippen molar-refractivity contribution in [2.24, 2.45) is 0 Å². The molecule has 1 saturated heterocycles. The predicted molar refractivity (Wildman–Crippen MR) is 196 cm³/mol. The van der Waals surface area contributed by atoms with Crippen LogP contribution in [0.2, 0.25) is 0 Å². The summed E-state index contributed by atoms with van der Waals surface area (Å²) in [6.07, 6.45) is 18.5. The van der Waals surface area contributed by atoms with Crippen LogP contribution in [0, 0.1) is 0 Å². The molecule has 1 rings (SSSR count). The minimum Gasteiger partial charge on any atom is -0.394 e. The highest BCUT2D eigenvalue weighted by Gasteiger charge is 2.48. The summed E-state index contributed by atoms with van der Waals surface area (Å²) in [4.78, 5) is 12.9. The first-order valence-electron chi connectivity index (χ1n) is 19.0. The van der Waals surface area contributed by atoms with Crippen LogP contribution in [0.25, 0.3) is 0 Å².